The summed E-state index contributed by atoms with van der Waals surface area (Å²) >= 11 is 0. The highest BCUT2D eigenvalue weighted by Crippen LogP contribution is 2.37. The van der Waals surface area contributed by atoms with Crippen LogP contribution in [-0.4, -0.2) is 37.2 Å². The highest BCUT2D eigenvalue weighted by molar-refractivity contribution is 5.40. The number of methoxy groups -OCH3 is 1. The molecule has 21 heavy (non-hydrogen) atoms. The molecule has 1 unspecified atom stereocenters. The van der Waals surface area contributed by atoms with E-state index in [4.69, 9.17) is 4.74 Å². The molecule has 1 aliphatic rings. The fraction of sp³-hybridized carbons (Fsp3) is 0.667. The number of aryl methyl sites for hydroxylation is 1. The number of nitrogens with one attached hydrogen (secondary N) is 1. The summed E-state index contributed by atoms with van der Waals surface area (Å²) < 4.78 is 5.63. The molecule has 0 aliphatic carbocycles. The average molecular weight is 290 g/mol. The molecule has 1 saturated heterocycles. The lowest BCUT2D eigenvalue weighted by molar-refractivity contribution is 0.106. The maximum Gasteiger partial charge on any atom is 0.123 e. The normalized spacial score (nSPS) is 18.0. The molecule has 1 aromatic rings. The molecule has 2 rings (SSSR count). The standard InChI is InChI=1S/C18H30N2O/c1-6-19-17(18(3,4)20-11-7-8-12-20)15-13-14(2)9-10-16(15)21-5/h9-10,13,17,19H,6-8,11-12H2,1-5H3. The molecule has 1 heterocycles. The van der Waals surface area contributed by atoms with E-state index < -0.39 is 0 Å². The van der Waals surface area contributed by atoms with Crippen molar-refractivity contribution in [2.45, 2.75) is 52.1 Å². The van der Waals surface area contributed by atoms with Crippen molar-refractivity contribution in [3.63, 3.8) is 0 Å². The van der Waals surface area contributed by atoms with E-state index in [1.807, 2.05) is 0 Å². The molecule has 3 nitrogen and oxygen atoms in total. The summed E-state index contributed by atoms with van der Waals surface area (Å²) in [7, 11) is 1.76. The SMILES string of the molecule is CCNC(c1cc(C)ccc1OC)C(C)(C)N1CCCC1. The van der Waals surface area contributed by atoms with E-state index in [-0.39, 0.29) is 11.6 Å². The fourth-order valence-corrected chi connectivity index (χ4v) is 3.50. The van der Waals surface area contributed by atoms with E-state index in [1.54, 1.807) is 7.11 Å². The van der Waals surface area contributed by atoms with E-state index in [0.717, 1.165) is 12.3 Å². The van der Waals surface area contributed by atoms with Crippen LogP contribution in [0.4, 0.5) is 0 Å². The Balaban J connectivity index is 2.40. The molecule has 1 fully saturated rings. The second-order valence-corrected chi connectivity index (χ2v) is 6.58. The molecule has 0 spiro atoms. The highest BCUT2D eigenvalue weighted by atomic mass is 16.5. The predicted octanol–water partition coefficient (Wildman–Crippen LogP) is 3.53. The maximum absolute atomic E-state index is 5.63. The van der Waals surface area contributed by atoms with Gasteiger partial charge in [-0.15, -0.1) is 0 Å². The summed E-state index contributed by atoms with van der Waals surface area (Å²) in [5, 5.41) is 3.70. The number of ether oxygens (including phenoxy) is 1. The average Bonchev–Trinajstić information content (AvgIpc) is 2.99. The van der Waals surface area contributed by atoms with Crippen LogP contribution in [0.2, 0.25) is 0 Å². The van der Waals surface area contributed by atoms with Crippen LogP contribution in [0.15, 0.2) is 18.2 Å². The topological polar surface area (TPSA) is 24.5 Å². The summed E-state index contributed by atoms with van der Waals surface area (Å²) in [5.74, 6) is 0.985. The van der Waals surface area contributed by atoms with Gasteiger partial charge in [0.15, 0.2) is 0 Å². The predicted molar refractivity (Wildman–Crippen MR) is 89.0 cm³/mol. The lowest BCUT2D eigenvalue weighted by atomic mass is 9.85. The molecule has 1 aromatic carbocycles. The molecule has 118 valence electrons. The highest BCUT2D eigenvalue weighted by Gasteiger charge is 2.38. The Hall–Kier alpha value is -1.06. The summed E-state index contributed by atoms with van der Waals surface area (Å²) in [5.41, 5.74) is 2.63. The molecule has 0 amide bonds. The number of likely N-dealkylation sites (tertiary alicyclic amines) is 1. The summed E-state index contributed by atoms with van der Waals surface area (Å²) in [6, 6.07) is 6.75. The third-order valence-electron chi connectivity index (χ3n) is 4.73. The molecule has 0 aromatic heterocycles. The van der Waals surface area contributed by atoms with Crippen molar-refractivity contribution >= 4 is 0 Å². The number of hydrogen-bond acceptors (Lipinski definition) is 3. The van der Waals surface area contributed by atoms with Crippen LogP contribution in [0.3, 0.4) is 0 Å². The monoisotopic (exact) mass is 290 g/mol. The lowest BCUT2D eigenvalue weighted by Gasteiger charge is -2.43. The van der Waals surface area contributed by atoms with E-state index in [1.165, 1.54) is 37.1 Å². The Morgan fingerprint density at radius 1 is 1.29 bits per heavy atom. The molecule has 0 saturated carbocycles. The van der Waals surface area contributed by atoms with E-state index in [2.05, 4.69) is 56.1 Å². The second-order valence-electron chi connectivity index (χ2n) is 6.58. The van der Waals surface area contributed by atoms with E-state index in [9.17, 15) is 0 Å². The Labute approximate surface area is 129 Å². The first kappa shape index (κ1) is 16.3. The zero-order valence-corrected chi connectivity index (χ0v) is 14.2. The molecular weight excluding hydrogens is 260 g/mol. The zero-order valence-electron chi connectivity index (χ0n) is 14.2. The van der Waals surface area contributed by atoms with Gasteiger partial charge < -0.3 is 10.1 Å². The van der Waals surface area contributed by atoms with Gasteiger partial charge in [0.05, 0.1) is 13.2 Å². The smallest absolute Gasteiger partial charge is 0.123 e. The van der Waals surface area contributed by atoms with Gasteiger partial charge in [-0.25, -0.2) is 0 Å². The van der Waals surface area contributed by atoms with Gasteiger partial charge in [0.1, 0.15) is 5.75 Å². The summed E-state index contributed by atoms with van der Waals surface area (Å²) in [4.78, 5) is 2.61. The van der Waals surface area contributed by atoms with Crippen LogP contribution in [0, 0.1) is 6.92 Å². The number of likely N-dealkylation sites (N-methyl/N-ethyl adjacent to an activating group) is 1. The first-order chi connectivity index (χ1) is 10.0. The molecule has 0 radical (unpaired) electrons. The van der Waals surface area contributed by atoms with Crippen molar-refractivity contribution in [2.24, 2.45) is 0 Å². The Bertz CT molecular complexity index is 464. The van der Waals surface area contributed by atoms with Gasteiger partial charge in [0, 0.05) is 11.1 Å². The largest absolute Gasteiger partial charge is 0.496 e. The third kappa shape index (κ3) is 3.41. The number of nitrogens with zero attached hydrogens (tertiary/aromatic N) is 1. The third-order valence-corrected chi connectivity index (χ3v) is 4.73. The Morgan fingerprint density at radius 3 is 2.52 bits per heavy atom. The minimum atomic E-state index is 0.0770. The molecule has 1 aliphatic heterocycles. The number of benzene rings is 1. The Kier molecular flexibility index (Phi) is 5.28. The van der Waals surface area contributed by atoms with Gasteiger partial charge >= 0.3 is 0 Å². The van der Waals surface area contributed by atoms with Crippen LogP contribution in [0.1, 0.15) is 50.8 Å². The van der Waals surface area contributed by atoms with Gasteiger partial charge in [0.25, 0.3) is 0 Å². The summed E-state index contributed by atoms with van der Waals surface area (Å²) in [6.07, 6.45) is 2.63. The van der Waals surface area contributed by atoms with Gasteiger partial charge in [-0.1, -0.05) is 24.6 Å². The molecule has 3 heteroatoms. The maximum atomic E-state index is 5.63. The van der Waals surface area contributed by atoms with Gasteiger partial charge in [-0.2, -0.15) is 0 Å². The van der Waals surface area contributed by atoms with Crippen LogP contribution >= 0.6 is 0 Å². The van der Waals surface area contributed by atoms with Gasteiger partial charge in [0.2, 0.25) is 0 Å². The summed E-state index contributed by atoms with van der Waals surface area (Å²) in [6.45, 7) is 12.4. The van der Waals surface area contributed by atoms with Crippen molar-refractivity contribution in [3.8, 4) is 5.75 Å². The van der Waals surface area contributed by atoms with E-state index in [0.29, 0.717) is 0 Å². The van der Waals surface area contributed by atoms with Crippen molar-refractivity contribution in [1.82, 2.24) is 10.2 Å². The van der Waals surface area contributed by atoms with E-state index >= 15 is 0 Å². The van der Waals surface area contributed by atoms with Crippen molar-refractivity contribution in [1.29, 1.82) is 0 Å². The Morgan fingerprint density at radius 2 is 1.95 bits per heavy atom. The minimum Gasteiger partial charge on any atom is -0.496 e. The zero-order chi connectivity index (χ0) is 15.5. The van der Waals surface area contributed by atoms with Crippen LogP contribution in [-0.2, 0) is 0 Å². The minimum absolute atomic E-state index is 0.0770. The first-order valence-corrected chi connectivity index (χ1v) is 8.13. The van der Waals surface area contributed by atoms with Crippen molar-refractivity contribution in [2.75, 3.05) is 26.7 Å². The fourth-order valence-electron chi connectivity index (χ4n) is 3.50. The second kappa shape index (κ2) is 6.80. The molecule has 0 bridgehead atoms. The van der Waals surface area contributed by atoms with Crippen LogP contribution in [0.25, 0.3) is 0 Å². The van der Waals surface area contributed by atoms with Gasteiger partial charge in [-0.05, 0) is 59.3 Å². The molecule has 1 N–H and O–H groups in total. The lowest BCUT2D eigenvalue weighted by Crippen LogP contribution is -2.51. The van der Waals surface area contributed by atoms with Crippen molar-refractivity contribution < 1.29 is 4.74 Å². The number of rotatable bonds is 6. The van der Waals surface area contributed by atoms with Gasteiger partial charge in [-0.3, -0.25) is 4.90 Å². The molecule has 1 atom stereocenters. The van der Waals surface area contributed by atoms with Crippen LogP contribution < -0.4 is 10.1 Å². The van der Waals surface area contributed by atoms with Crippen LogP contribution in [0.5, 0.6) is 5.75 Å². The van der Waals surface area contributed by atoms with Crippen molar-refractivity contribution in [3.05, 3.63) is 29.3 Å². The molecular formula is C18H30N2O. The number of hydrogen-bond donors (Lipinski definition) is 1. The first-order valence-electron chi connectivity index (χ1n) is 8.13. The quantitative estimate of drug-likeness (QED) is 0.867.